The van der Waals surface area contributed by atoms with Gasteiger partial charge < -0.3 is 14.4 Å². The van der Waals surface area contributed by atoms with Crippen LogP contribution >= 0.6 is 0 Å². The maximum absolute atomic E-state index is 5.66. The molecule has 2 rings (SSSR count). The second kappa shape index (κ2) is 5.21. The molecule has 1 aliphatic rings. The lowest BCUT2D eigenvalue weighted by Gasteiger charge is -2.18. The molecular formula is C13H19NO2. The van der Waals surface area contributed by atoms with E-state index >= 15 is 0 Å². The zero-order chi connectivity index (χ0) is 11.4. The van der Waals surface area contributed by atoms with Gasteiger partial charge in [-0.05, 0) is 38.6 Å². The van der Waals surface area contributed by atoms with Crippen LogP contribution in [0.1, 0.15) is 12.0 Å². The van der Waals surface area contributed by atoms with Gasteiger partial charge in [-0.3, -0.25) is 0 Å². The van der Waals surface area contributed by atoms with Gasteiger partial charge in [0.25, 0.3) is 0 Å². The van der Waals surface area contributed by atoms with Crippen molar-refractivity contribution in [2.45, 2.75) is 12.8 Å². The van der Waals surface area contributed by atoms with Crippen molar-refractivity contribution in [2.75, 3.05) is 33.9 Å². The number of aryl methyl sites for hydroxylation is 1. The van der Waals surface area contributed by atoms with Gasteiger partial charge in [-0.2, -0.15) is 0 Å². The number of nitrogens with zero attached hydrogens (tertiary/aromatic N) is 1. The minimum Gasteiger partial charge on any atom is -0.493 e. The van der Waals surface area contributed by atoms with Gasteiger partial charge in [0.1, 0.15) is 18.1 Å². The smallest absolute Gasteiger partial charge is 0.126 e. The fourth-order valence-corrected chi connectivity index (χ4v) is 1.76. The normalized spacial score (nSPS) is 14.4. The van der Waals surface area contributed by atoms with Crippen LogP contribution < -0.4 is 9.47 Å². The van der Waals surface area contributed by atoms with Crippen LogP contribution in [-0.4, -0.2) is 38.8 Å². The number of ether oxygens (including phenoxy) is 2. The van der Waals surface area contributed by atoms with Crippen molar-refractivity contribution in [3.8, 4) is 11.5 Å². The second-order valence-corrected chi connectivity index (χ2v) is 4.37. The van der Waals surface area contributed by atoms with Crippen LogP contribution in [0.4, 0.5) is 0 Å². The molecule has 1 aromatic carbocycles. The van der Waals surface area contributed by atoms with Crippen LogP contribution in [0.15, 0.2) is 18.2 Å². The first-order valence-corrected chi connectivity index (χ1v) is 5.79. The van der Waals surface area contributed by atoms with E-state index in [2.05, 4.69) is 11.0 Å². The number of fused-ring (bicyclic) bond motifs is 1. The molecule has 0 bridgehead atoms. The van der Waals surface area contributed by atoms with Crippen LogP contribution in [0, 0.1) is 0 Å². The molecule has 0 aromatic heterocycles. The maximum Gasteiger partial charge on any atom is 0.126 e. The van der Waals surface area contributed by atoms with E-state index in [0.717, 1.165) is 37.5 Å². The van der Waals surface area contributed by atoms with E-state index < -0.39 is 0 Å². The van der Waals surface area contributed by atoms with Crippen molar-refractivity contribution in [3.63, 3.8) is 0 Å². The van der Waals surface area contributed by atoms with Crippen LogP contribution in [0.2, 0.25) is 0 Å². The SMILES string of the molecule is CN(C)CCOc1ccc2c(c1)OCCC2. The van der Waals surface area contributed by atoms with E-state index in [1.165, 1.54) is 5.56 Å². The number of benzene rings is 1. The molecule has 0 radical (unpaired) electrons. The minimum atomic E-state index is 0.714. The first-order chi connectivity index (χ1) is 7.75. The average Bonchev–Trinajstić information content (AvgIpc) is 2.28. The van der Waals surface area contributed by atoms with Crippen molar-refractivity contribution in [1.82, 2.24) is 4.90 Å². The summed E-state index contributed by atoms with van der Waals surface area (Å²) in [6.45, 7) is 2.47. The molecular weight excluding hydrogens is 202 g/mol. The van der Waals surface area contributed by atoms with Gasteiger partial charge in [0, 0.05) is 12.6 Å². The van der Waals surface area contributed by atoms with E-state index in [9.17, 15) is 0 Å². The van der Waals surface area contributed by atoms with E-state index in [0.29, 0.717) is 6.61 Å². The van der Waals surface area contributed by atoms with Crippen molar-refractivity contribution >= 4 is 0 Å². The highest BCUT2D eigenvalue weighted by Gasteiger charge is 2.10. The van der Waals surface area contributed by atoms with E-state index in [1.54, 1.807) is 0 Å². The van der Waals surface area contributed by atoms with Crippen LogP contribution in [0.3, 0.4) is 0 Å². The maximum atomic E-state index is 5.66. The van der Waals surface area contributed by atoms with Crippen molar-refractivity contribution in [3.05, 3.63) is 23.8 Å². The summed E-state index contributed by atoms with van der Waals surface area (Å²) >= 11 is 0. The topological polar surface area (TPSA) is 21.7 Å². The van der Waals surface area contributed by atoms with Crippen molar-refractivity contribution in [1.29, 1.82) is 0 Å². The number of hydrogen-bond donors (Lipinski definition) is 0. The number of likely N-dealkylation sites (N-methyl/N-ethyl adjacent to an activating group) is 1. The van der Waals surface area contributed by atoms with Gasteiger partial charge >= 0.3 is 0 Å². The molecule has 0 fully saturated rings. The number of rotatable bonds is 4. The molecule has 0 saturated heterocycles. The quantitative estimate of drug-likeness (QED) is 0.775. The Morgan fingerprint density at radius 3 is 3.06 bits per heavy atom. The lowest BCUT2D eigenvalue weighted by molar-refractivity contribution is 0.256. The summed E-state index contributed by atoms with van der Waals surface area (Å²) in [7, 11) is 4.08. The molecule has 1 aliphatic heterocycles. The van der Waals surface area contributed by atoms with Crippen molar-refractivity contribution in [2.24, 2.45) is 0 Å². The fourth-order valence-electron chi connectivity index (χ4n) is 1.76. The molecule has 0 saturated carbocycles. The van der Waals surface area contributed by atoms with Crippen LogP contribution in [0.5, 0.6) is 11.5 Å². The summed E-state index contributed by atoms with van der Waals surface area (Å²) in [6, 6.07) is 6.15. The van der Waals surface area contributed by atoms with Gasteiger partial charge in [-0.25, -0.2) is 0 Å². The second-order valence-electron chi connectivity index (χ2n) is 4.37. The Kier molecular flexibility index (Phi) is 3.67. The third-order valence-corrected chi connectivity index (χ3v) is 2.69. The van der Waals surface area contributed by atoms with Gasteiger partial charge in [0.15, 0.2) is 0 Å². The Labute approximate surface area is 97.0 Å². The van der Waals surface area contributed by atoms with Gasteiger partial charge in [-0.15, -0.1) is 0 Å². The Hall–Kier alpha value is -1.22. The molecule has 0 spiro atoms. The Bertz CT molecular complexity index is 350. The molecule has 0 atom stereocenters. The molecule has 0 unspecified atom stereocenters. The van der Waals surface area contributed by atoms with Crippen molar-refractivity contribution < 1.29 is 9.47 Å². The summed E-state index contributed by atoms with van der Waals surface area (Å²) in [5.41, 5.74) is 1.30. The Balaban J connectivity index is 1.95. The predicted molar refractivity (Wildman–Crippen MR) is 64.3 cm³/mol. The summed E-state index contributed by atoms with van der Waals surface area (Å²) < 4.78 is 11.3. The van der Waals surface area contributed by atoms with E-state index in [1.807, 2.05) is 26.2 Å². The Morgan fingerprint density at radius 1 is 1.38 bits per heavy atom. The third kappa shape index (κ3) is 2.89. The lowest BCUT2D eigenvalue weighted by Crippen LogP contribution is -2.19. The van der Waals surface area contributed by atoms with Crippen LogP contribution in [0.25, 0.3) is 0 Å². The third-order valence-electron chi connectivity index (χ3n) is 2.69. The molecule has 3 nitrogen and oxygen atoms in total. The molecule has 0 aliphatic carbocycles. The zero-order valence-electron chi connectivity index (χ0n) is 10.0. The first-order valence-electron chi connectivity index (χ1n) is 5.79. The molecule has 1 heterocycles. The molecule has 0 amide bonds. The summed E-state index contributed by atoms with van der Waals surface area (Å²) in [5, 5.41) is 0. The summed E-state index contributed by atoms with van der Waals surface area (Å²) in [5.74, 6) is 1.90. The minimum absolute atomic E-state index is 0.714. The highest BCUT2D eigenvalue weighted by atomic mass is 16.5. The first kappa shape index (κ1) is 11.3. The predicted octanol–water partition coefficient (Wildman–Crippen LogP) is 1.95. The number of hydrogen-bond acceptors (Lipinski definition) is 3. The summed E-state index contributed by atoms with van der Waals surface area (Å²) in [4.78, 5) is 2.11. The highest BCUT2D eigenvalue weighted by Crippen LogP contribution is 2.28. The Morgan fingerprint density at radius 2 is 2.25 bits per heavy atom. The van der Waals surface area contributed by atoms with Gasteiger partial charge in [0.2, 0.25) is 0 Å². The molecule has 88 valence electrons. The molecule has 1 aromatic rings. The largest absolute Gasteiger partial charge is 0.493 e. The standard InChI is InChI=1S/C13H19NO2/c1-14(2)7-9-15-12-6-5-11-4-3-8-16-13(11)10-12/h5-6,10H,3-4,7-9H2,1-2H3. The highest BCUT2D eigenvalue weighted by molar-refractivity contribution is 5.41. The fraction of sp³-hybridized carbons (Fsp3) is 0.538. The molecule has 3 heteroatoms. The zero-order valence-corrected chi connectivity index (χ0v) is 10.0. The van der Waals surface area contributed by atoms with Crippen LogP contribution in [-0.2, 0) is 6.42 Å². The molecule has 0 N–H and O–H groups in total. The molecule has 16 heavy (non-hydrogen) atoms. The summed E-state index contributed by atoms with van der Waals surface area (Å²) in [6.07, 6.45) is 2.24. The average molecular weight is 221 g/mol. The van der Waals surface area contributed by atoms with E-state index in [-0.39, 0.29) is 0 Å². The van der Waals surface area contributed by atoms with Gasteiger partial charge in [0.05, 0.1) is 6.61 Å². The lowest BCUT2D eigenvalue weighted by atomic mass is 10.1. The monoisotopic (exact) mass is 221 g/mol. The van der Waals surface area contributed by atoms with E-state index in [4.69, 9.17) is 9.47 Å². The van der Waals surface area contributed by atoms with Gasteiger partial charge in [-0.1, -0.05) is 6.07 Å².